The summed E-state index contributed by atoms with van der Waals surface area (Å²) in [5, 5.41) is 11.0. The fraction of sp³-hybridized carbons (Fsp3) is 0.353. The molecule has 4 nitrogen and oxygen atoms in total. The third-order valence-corrected chi connectivity index (χ3v) is 4.16. The van der Waals surface area contributed by atoms with Crippen LogP contribution in [0, 0.1) is 0 Å². The minimum Gasteiger partial charge on any atom is -0.398 e. The van der Waals surface area contributed by atoms with Crippen LogP contribution >= 0.6 is 0 Å². The Hall–Kier alpha value is -1.91. The van der Waals surface area contributed by atoms with Gasteiger partial charge in [-0.3, -0.25) is 9.88 Å². The molecular weight excluding hydrogens is 262 g/mol. The molecule has 1 aromatic heterocycles. The number of hydrogen-bond acceptors (Lipinski definition) is 4. The van der Waals surface area contributed by atoms with Crippen LogP contribution in [0.5, 0.6) is 0 Å². The van der Waals surface area contributed by atoms with Crippen molar-refractivity contribution >= 4 is 5.69 Å². The van der Waals surface area contributed by atoms with Gasteiger partial charge in [-0.05, 0) is 31.0 Å². The summed E-state index contributed by atoms with van der Waals surface area (Å²) in [5.41, 5.74) is 7.76. The quantitative estimate of drug-likeness (QED) is 0.906. The molecular formula is C17H21N3O. The molecule has 1 unspecified atom stereocenters. The van der Waals surface area contributed by atoms with E-state index in [0.29, 0.717) is 12.2 Å². The van der Waals surface area contributed by atoms with Gasteiger partial charge in [0.25, 0.3) is 0 Å². The number of likely N-dealkylation sites (tertiary alicyclic amines) is 1. The van der Waals surface area contributed by atoms with Crippen LogP contribution < -0.4 is 5.73 Å². The maximum atomic E-state index is 11.0. The smallest absolute Gasteiger partial charge is 0.106 e. The van der Waals surface area contributed by atoms with E-state index in [9.17, 15) is 5.11 Å². The zero-order valence-electron chi connectivity index (χ0n) is 12.1. The Morgan fingerprint density at radius 3 is 2.81 bits per heavy atom. The normalized spacial score (nSPS) is 23.1. The average Bonchev–Trinajstić information content (AvgIpc) is 2.49. The van der Waals surface area contributed by atoms with E-state index in [1.165, 1.54) is 5.56 Å². The average molecular weight is 283 g/mol. The van der Waals surface area contributed by atoms with Gasteiger partial charge in [0.1, 0.15) is 5.60 Å². The van der Waals surface area contributed by atoms with E-state index in [-0.39, 0.29) is 0 Å². The molecule has 1 atom stereocenters. The van der Waals surface area contributed by atoms with E-state index in [4.69, 9.17) is 5.73 Å². The van der Waals surface area contributed by atoms with Gasteiger partial charge in [-0.15, -0.1) is 0 Å². The number of aromatic nitrogens is 1. The zero-order chi connectivity index (χ0) is 14.7. The third-order valence-electron chi connectivity index (χ3n) is 4.16. The van der Waals surface area contributed by atoms with Gasteiger partial charge in [-0.1, -0.05) is 30.3 Å². The van der Waals surface area contributed by atoms with E-state index in [1.54, 1.807) is 18.5 Å². The highest BCUT2D eigenvalue weighted by atomic mass is 16.3. The first-order valence-corrected chi connectivity index (χ1v) is 7.36. The molecule has 0 radical (unpaired) electrons. The summed E-state index contributed by atoms with van der Waals surface area (Å²) in [5.74, 6) is 0. The highest BCUT2D eigenvalue weighted by Crippen LogP contribution is 2.34. The fourth-order valence-electron chi connectivity index (χ4n) is 3.11. The van der Waals surface area contributed by atoms with Crippen LogP contribution in [-0.4, -0.2) is 28.1 Å². The summed E-state index contributed by atoms with van der Waals surface area (Å²) in [6, 6.07) is 12.1. The SMILES string of the molecule is Nc1ccncc1C1(O)CCCN(Cc2ccccc2)C1. The lowest BCUT2D eigenvalue weighted by Crippen LogP contribution is -2.46. The Balaban J connectivity index is 1.78. The first kappa shape index (κ1) is 14.0. The van der Waals surface area contributed by atoms with Crippen molar-refractivity contribution in [3.63, 3.8) is 0 Å². The van der Waals surface area contributed by atoms with E-state index in [0.717, 1.165) is 31.5 Å². The van der Waals surface area contributed by atoms with Crippen molar-refractivity contribution in [1.82, 2.24) is 9.88 Å². The molecule has 0 aliphatic carbocycles. The topological polar surface area (TPSA) is 62.4 Å². The van der Waals surface area contributed by atoms with Crippen LogP contribution in [0.3, 0.4) is 0 Å². The molecule has 0 bridgehead atoms. The number of anilines is 1. The van der Waals surface area contributed by atoms with Crippen LogP contribution in [0.15, 0.2) is 48.8 Å². The molecule has 1 fully saturated rings. The second-order valence-corrected chi connectivity index (χ2v) is 5.79. The van der Waals surface area contributed by atoms with Gasteiger partial charge >= 0.3 is 0 Å². The first-order chi connectivity index (χ1) is 10.2. The van der Waals surface area contributed by atoms with Crippen LogP contribution in [0.25, 0.3) is 0 Å². The summed E-state index contributed by atoms with van der Waals surface area (Å²) in [6.07, 6.45) is 5.04. The Kier molecular flexibility index (Phi) is 3.90. The number of nitrogens with two attached hydrogens (primary N) is 1. The molecule has 1 aromatic carbocycles. The van der Waals surface area contributed by atoms with Crippen molar-refractivity contribution in [2.45, 2.75) is 25.0 Å². The second kappa shape index (κ2) is 5.84. The highest BCUT2D eigenvalue weighted by molar-refractivity contribution is 5.48. The summed E-state index contributed by atoms with van der Waals surface area (Å²) in [4.78, 5) is 6.40. The highest BCUT2D eigenvalue weighted by Gasteiger charge is 2.36. The minimum absolute atomic E-state index is 0.595. The van der Waals surface area contributed by atoms with Gasteiger partial charge in [0.05, 0.1) is 0 Å². The molecule has 110 valence electrons. The second-order valence-electron chi connectivity index (χ2n) is 5.79. The number of β-amino-alcohol motifs (C(OH)–C–C–N with tert-alkyl or cyclic N) is 1. The Bertz CT molecular complexity index is 602. The fourth-order valence-corrected chi connectivity index (χ4v) is 3.11. The summed E-state index contributed by atoms with van der Waals surface area (Å²) in [6.45, 7) is 2.44. The maximum Gasteiger partial charge on any atom is 0.106 e. The monoisotopic (exact) mass is 283 g/mol. The minimum atomic E-state index is -0.897. The van der Waals surface area contributed by atoms with E-state index < -0.39 is 5.60 Å². The largest absolute Gasteiger partial charge is 0.398 e. The van der Waals surface area contributed by atoms with E-state index in [2.05, 4.69) is 22.0 Å². The summed E-state index contributed by atoms with van der Waals surface area (Å²) in [7, 11) is 0. The van der Waals surface area contributed by atoms with E-state index in [1.807, 2.05) is 18.2 Å². The van der Waals surface area contributed by atoms with Gasteiger partial charge in [-0.2, -0.15) is 0 Å². The lowest BCUT2D eigenvalue weighted by Gasteiger charge is -2.39. The lowest BCUT2D eigenvalue weighted by molar-refractivity contribution is -0.0377. The number of pyridine rings is 1. The number of aliphatic hydroxyl groups is 1. The number of hydrogen-bond donors (Lipinski definition) is 2. The van der Waals surface area contributed by atoms with E-state index >= 15 is 0 Å². The van der Waals surface area contributed by atoms with Crippen LogP contribution in [0.2, 0.25) is 0 Å². The molecule has 1 saturated heterocycles. The van der Waals surface area contributed by atoms with Gasteiger partial charge in [0, 0.05) is 36.7 Å². The number of rotatable bonds is 3. The van der Waals surface area contributed by atoms with Crippen LogP contribution in [0.1, 0.15) is 24.0 Å². The van der Waals surface area contributed by atoms with Crippen molar-refractivity contribution < 1.29 is 5.11 Å². The zero-order valence-corrected chi connectivity index (χ0v) is 12.1. The number of nitrogens with zero attached hydrogens (tertiary/aromatic N) is 2. The van der Waals surface area contributed by atoms with Crippen LogP contribution in [-0.2, 0) is 12.1 Å². The van der Waals surface area contributed by atoms with Crippen LogP contribution in [0.4, 0.5) is 5.69 Å². The molecule has 2 aromatic rings. The summed E-state index contributed by atoms with van der Waals surface area (Å²) < 4.78 is 0. The van der Waals surface area contributed by atoms with Crippen molar-refractivity contribution in [1.29, 1.82) is 0 Å². The predicted molar refractivity (Wildman–Crippen MR) is 83.5 cm³/mol. The number of piperidine rings is 1. The van der Waals surface area contributed by atoms with Gasteiger partial charge in [-0.25, -0.2) is 0 Å². The van der Waals surface area contributed by atoms with Crippen molar-refractivity contribution in [3.8, 4) is 0 Å². The Labute approximate surface area is 125 Å². The number of benzene rings is 1. The Morgan fingerprint density at radius 2 is 2.05 bits per heavy atom. The molecule has 4 heteroatoms. The number of nitrogen functional groups attached to an aromatic ring is 1. The van der Waals surface area contributed by atoms with Gasteiger partial charge in [0.2, 0.25) is 0 Å². The molecule has 0 saturated carbocycles. The third kappa shape index (κ3) is 3.06. The van der Waals surface area contributed by atoms with Crippen molar-refractivity contribution in [2.75, 3.05) is 18.8 Å². The summed E-state index contributed by atoms with van der Waals surface area (Å²) >= 11 is 0. The molecule has 21 heavy (non-hydrogen) atoms. The molecule has 3 N–H and O–H groups in total. The standard InChI is InChI=1S/C17H21N3O/c18-16-7-9-19-11-15(16)17(21)8-4-10-20(13-17)12-14-5-2-1-3-6-14/h1-3,5-7,9,11,21H,4,8,10,12-13H2,(H2,18,19). The maximum absolute atomic E-state index is 11.0. The molecule has 0 amide bonds. The van der Waals surface area contributed by atoms with Crippen molar-refractivity contribution in [3.05, 3.63) is 59.9 Å². The van der Waals surface area contributed by atoms with Crippen molar-refractivity contribution in [2.24, 2.45) is 0 Å². The van der Waals surface area contributed by atoms with Gasteiger partial charge < -0.3 is 10.8 Å². The predicted octanol–water partition coefficient (Wildman–Crippen LogP) is 2.15. The molecule has 1 aliphatic rings. The molecule has 3 rings (SSSR count). The lowest BCUT2D eigenvalue weighted by atomic mass is 9.85. The molecule has 2 heterocycles. The molecule has 1 aliphatic heterocycles. The van der Waals surface area contributed by atoms with Gasteiger partial charge in [0.15, 0.2) is 0 Å². The Morgan fingerprint density at radius 1 is 1.24 bits per heavy atom. The molecule has 0 spiro atoms. The first-order valence-electron chi connectivity index (χ1n) is 7.36.